The normalized spacial score (nSPS) is 12.4. The molecule has 2 heteroatoms. The fraction of sp³-hybridized carbons (Fsp3) is 0.600. The second-order valence-corrected chi connectivity index (χ2v) is 4.56. The zero-order valence-electron chi connectivity index (χ0n) is 11.1. The molecule has 0 spiro atoms. The second-order valence-electron chi connectivity index (χ2n) is 4.56. The Morgan fingerprint density at radius 2 is 1.82 bits per heavy atom. The summed E-state index contributed by atoms with van der Waals surface area (Å²) in [7, 11) is 1.69. The van der Waals surface area contributed by atoms with E-state index in [9.17, 15) is 0 Å². The second kappa shape index (κ2) is 8.13. The summed E-state index contributed by atoms with van der Waals surface area (Å²) in [5, 5.41) is 0. The van der Waals surface area contributed by atoms with Gasteiger partial charge in [-0.2, -0.15) is 0 Å². The van der Waals surface area contributed by atoms with Gasteiger partial charge in [0.2, 0.25) is 0 Å². The first-order valence-electron chi connectivity index (χ1n) is 6.65. The predicted octanol–water partition coefficient (Wildman–Crippen LogP) is 3.71. The van der Waals surface area contributed by atoms with Crippen molar-refractivity contribution >= 4 is 0 Å². The number of hydrogen-bond acceptors (Lipinski definition) is 2. The molecule has 0 aromatic heterocycles. The van der Waals surface area contributed by atoms with Crippen LogP contribution in [-0.2, 0) is 0 Å². The van der Waals surface area contributed by atoms with Crippen molar-refractivity contribution in [1.29, 1.82) is 0 Å². The lowest BCUT2D eigenvalue weighted by atomic mass is 9.93. The van der Waals surface area contributed by atoms with Crippen LogP contribution in [0.1, 0.15) is 50.5 Å². The van der Waals surface area contributed by atoms with E-state index in [1.54, 1.807) is 7.11 Å². The molecular formula is C15H25NO. The lowest BCUT2D eigenvalue weighted by Crippen LogP contribution is -2.12. The lowest BCUT2D eigenvalue weighted by molar-refractivity contribution is 0.414. The van der Waals surface area contributed by atoms with Crippen molar-refractivity contribution < 1.29 is 4.74 Å². The Hall–Kier alpha value is -1.02. The van der Waals surface area contributed by atoms with Crippen LogP contribution in [0.25, 0.3) is 0 Å². The summed E-state index contributed by atoms with van der Waals surface area (Å²) < 4.78 is 5.16. The minimum absolute atomic E-state index is 0.498. The van der Waals surface area contributed by atoms with Gasteiger partial charge in [-0.3, -0.25) is 0 Å². The van der Waals surface area contributed by atoms with Gasteiger partial charge in [0.25, 0.3) is 0 Å². The molecule has 0 amide bonds. The van der Waals surface area contributed by atoms with Crippen LogP contribution in [0, 0.1) is 0 Å². The molecule has 2 nitrogen and oxygen atoms in total. The van der Waals surface area contributed by atoms with Crippen LogP contribution in [0.5, 0.6) is 5.75 Å². The summed E-state index contributed by atoms with van der Waals surface area (Å²) in [6, 6.07) is 8.31. The van der Waals surface area contributed by atoms with E-state index < -0.39 is 0 Å². The van der Waals surface area contributed by atoms with Gasteiger partial charge in [-0.15, -0.1) is 0 Å². The topological polar surface area (TPSA) is 35.2 Å². The van der Waals surface area contributed by atoms with Gasteiger partial charge in [0, 0.05) is 0 Å². The van der Waals surface area contributed by atoms with Gasteiger partial charge in [0.1, 0.15) is 5.75 Å². The highest BCUT2D eigenvalue weighted by Gasteiger charge is 2.09. The fourth-order valence-corrected chi connectivity index (χ4v) is 2.11. The summed E-state index contributed by atoms with van der Waals surface area (Å²) >= 11 is 0. The molecule has 1 aromatic carbocycles. The van der Waals surface area contributed by atoms with Crippen molar-refractivity contribution in [1.82, 2.24) is 0 Å². The minimum atomic E-state index is 0.498. The van der Waals surface area contributed by atoms with Crippen LogP contribution in [0.3, 0.4) is 0 Å². The highest BCUT2D eigenvalue weighted by Crippen LogP contribution is 2.23. The monoisotopic (exact) mass is 235 g/mol. The van der Waals surface area contributed by atoms with Gasteiger partial charge < -0.3 is 10.5 Å². The van der Waals surface area contributed by atoms with Crippen LogP contribution in [0.15, 0.2) is 24.3 Å². The Kier molecular flexibility index (Phi) is 6.71. The van der Waals surface area contributed by atoms with E-state index in [1.165, 1.54) is 37.7 Å². The standard InChI is InChI=1S/C15H25NO/c1-3-4-5-6-7-14(12-16)13-8-10-15(17-2)11-9-13/h8-11,14H,3-7,12,16H2,1-2H3. The highest BCUT2D eigenvalue weighted by molar-refractivity contribution is 5.29. The first-order valence-corrected chi connectivity index (χ1v) is 6.65. The first kappa shape index (κ1) is 14.0. The molecule has 17 heavy (non-hydrogen) atoms. The van der Waals surface area contributed by atoms with Crippen molar-refractivity contribution in [3.63, 3.8) is 0 Å². The summed E-state index contributed by atoms with van der Waals surface area (Å²) in [6.07, 6.45) is 6.42. The quantitative estimate of drug-likeness (QED) is 0.697. The molecule has 0 saturated heterocycles. The number of unbranched alkanes of at least 4 members (excludes halogenated alkanes) is 3. The van der Waals surface area contributed by atoms with Crippen LogP contribution in [-0.4, -0.2) is 13.7 Å². The molecular weight excluding hydrogens is 210 g/mol. The third-order valence-electron chi connectivity index (χ3n) is 3.28. The van der Waals surface area contributed by atoms with E-state index in [-0.39, 0.29) is 0 Å². The zero-order chi connectivity index (χ0) is 12.5. The average Bonchev–Trinajstić information content (AvgIpc) is 2.39. The van der Waals surface area contributed by atoms with E-state index in [4.69, 9.17) is 10.5 Å². The maximum atomic E-state index is 5.86. The summed E-state index contributed by atoms with van der Waals surface area (Å²) in [6.45, 7) is 2.97. The van der Waals surface area contributed by atoms with Gasteiger partial charge in [0.05, 0.1) is 7.11 Å². The van der Waals surface area contributed by atoms with Crippen molar-refractivity contribution in [3.8, 4) is 5.75 Å². The minimum Gasteiger partial charge on any atom is -0.497 e. The summed E-state index contributed by atoms with van der Waals surface area (Å²) in [5.41, 5.74) is 7.20. The molecule has 0 fully saturated rings. The third-order valence-corrected chi connectivity index (χ3v) is 3.28. The molecule has 0 aliphatic carbocycles. The molecule has 1 unspecified atom stereocenters. The zero-order valence-corrected chi connectivity index (χ0v) is 11.1. The van der Waals surface area contributed by atoms with Crippen molar-refractivity contribution in [3.05, 3.63) is 29.8 Å². The smallest absolute Gasteiger partial charge is 0.118 e. The van der Waals surface area contributed by atoms with Gasteiger partial charge in [0.15, 0.2) is 0 Å². The van der Waals surface area contributed by atoms with Gasteiger partial charge >= 0.3 is 0 Å². The maximum absolute atomic E-state index is 5.86. The number of benzene rings is 1. The number of methoxy groups -OCH3 is 1. The van der Waals surface area contributed by atoms with Gasteiger partial charge in [-0.05, 0) is 36.6 Å². The van der Waals surface area contributed by atoms with E-state index in [0.29, 0.717) is 5.92 Å². The molecule has 96 valence electrons. The van der Waals surface area contributed by atoms with Crippen LogP contribution >= 0.6 is 0 Å². The highest BCUT2D eigenvalue weighted by atomic mass is 16.5. The number of hydrogen-bond donors (Lipinski definition) is 1. The third kappa shape index (κ3) is 4.78. The van der Waals surface area contributed by atoms with Crippen LogP contribution in [0.2, 0.25) is 0 Å². The predicted molar refractivity (Wildman–Crippen MR) is 73.5 cm³/mol. The molecule has 1 atom stereocenters. The van der Waals surface area contributed by atoms with Gasteiger partial charge in [-0.1, -0.05) is 44.7 Å². The molecule has 1 rings (SSSR count). The molecule has 0 bridgehead atoms. The van der Waals surface area contributed by atoms with Crippen molar-refractivity contribution in [2.45, 2.75) is 44.9 Å². The fourth-order valence-electron chi connectivity index (χ4n) is 2.11. The van der Waals surface area contributed by atoms with Crippen LogP contribution < -0.4 is 10.5 Å². The molecule has 0 saturated carbocycles. The molecule has 0 aliphatic rings. The van der Waals surface area contributed by atoms with E-state index in [1.807, 2.05) is 12.1 Å². The maximum Gasteiger partial charge on any atom is 0.118 e. The Labute approximate surface area is 105 Å². The molecule has 2 N–H and O–H groups in total. The SMILES string of the molecule is CCCCCCC(CN)c1ccc(OC)cc1. The molecule has 0 radical (unpaired) electrons. The number of ether oxygens (including phenoxy) is 1. The van der Waals surface area contributed by atoms with Crippen molar-refractivity contribution in [2.24, 2.45) is 5.73 Å². The van der Waals surface area contributed by atoms with Crippen LogP contribution in [0.4, 0.5) is 0 Å². The molecule has 1 aromatic rings. The first-order chi connectivity index (χ1) is 8.31. The Balaban J connectivity index is 2.47. The molecule has 0 heterocycles. The Bertz CT molecular complexity index is 294. The Morgan fingerprint density at radius 3 is 2.35 bits per heavy atom. The molecule has 0 aliphatic heterocycles. The number of rotatable bonds is 8. The largest absolute Gasteiger partial charge is 0.497 e. The van der Waals surface area contributed by atoms with E-state index >= 15 is 0 Å². The van der Waals surface area contributed by atoms with Crippen molar-refractivity contribution in [2.75, 3.05) is 13.7 Å². The summed E-state index contributed by atoms with van der Waals surface area (Å²) in [5.74, 6) is 1.41. The van der Waals surface area contributed by atoms with E-state index in [2.05, 4.69) is 19.1 Å². The summed E-state index contributed by atoms with van der Waals surface area (Å²) in [4.78, 5) is 0. The Morgan fingerprint density at radius 1 is 1.12 bits per heavy atom. The van der Waals surface area contributed by atoms with E-state index in [0.717, 1.165) is 12.3 Å². The lowest BCUT2D eigenvalue weighted by Gasteiger charge is -2.15. The average molecular weight is 235 g/mol. The van der Waals surface area contributed by atoms with Gasteiger partial charge in [-0.25, -0.2) is 0 Å². The number of nitrogens with two attached hydrogens (primary N) is 1.